The minimum atomic E-state index is 0. The summed E-state index contributed by atoms with van der Waals surface area (Å²) in [4.78, 5) is 17.9. The summed E-state index contributed by atoms with van der Waals surface area (Å²) in [6.45, 7) is 0. The van der Waals surface area contributed by atoms with Crippen LogP contribution in [0, 0.1) is 45.3 Å². The third-order valence-corrected chi connectivity index (χ3v) is 9.96. The van der Waals surface area contributed by atoms with Gasteiger partial charge in [0.15, 0.2) is 0 Å². The first-order valence-electron chi connectivity index (χ1n) is 17.7. The van der Waals surface area contributed by atoms with E-state index < -0.39 is 0 Å². The van der Waals surface area contributed by atoms with E-state index in [2.05, 4.69) is 34.2 Å². The first kappa shape index (κ1) is 36.0. The van der Waals surface area contributed by atoms with Crippen LogP contribution >= 0.6 is 0 Å². The number of rotatable bonds is 4. The average Bonchev–Trinajstić information content (AvgIpc) is 4.10. The van der Waals surface area contributed by atoms with Crippen molar-refractivity contribution >= 4 is 46.4 Å². The van der Waals surface area contributed by atoms with Crippen molar-refractivity contribution in [2.45, 2.75) is 0 Å². The molecule has 0 aliphatic carbocycles. The van der Waals surface area contributed by atoms with E-state index in [1.165, 1.54) is 0 Å². The molecule has 0 unspecified atom stereocenters. The Bertz CT molecular complexity index is 2720. The summed E-state index contributed by atoms with van der Waals surface area (Å²) in [6.07, 6.45) is 8.00. The van der Waals surface area contributed by atoms with Gasteiger partial charge in [-0.15, -0.1) is 0 Å². The standard InChI is InChI=1S/C48H26N8.Fe/c49-25-29-1-9-33(10-2-29)45-37-17-19-39(53-37)46(34-11-3-30(26-50)4-12-34)41-21-23-43(55-41)48(36-15-7-32(28-52)8-16-36)44-24-22-42(56-44)47(40-20-18-38(45)54-40)35-13-5-31(27-51)6-14-35;/h1-24,53,56H;. The van der Waals surface area contributed by atoms with E-state index in [1.54, 1.807) is 48.5 Å². The SMILES string of the molecule is N#Cc1ccc(-c2c3nc(c(-c4ccc(C#N)cc4)c4ccc([nH]4)c(-c4ccc(C#N)cc4)c4nc(c(-c5ccc(C#N)cc5)c5ccc2[nH]5)C=C4)C=C3)cc1.[Fe]. The smallest absolute Gasteiger partial charge is 0.0991 e. The molecule has 8 bridgehead atoms. The fraction of sp³-hybridized carbons (Fsp3) is 0. The van der Waals surface area contributed by atoms with Crippen LogP contribution in [-0.4, -0.2) is 19.9 Å². The molecule has 0 spiro atoms. The van der Waals surface area contributed by atoms with Crippen molar-refractivity contribution in [3.63, 3.8) is 0 Å². The Morgan fingerprint density at radius 1 is 0.316 bits per heavy atom. The number of benzene rings is 4. The van der Waals surface area contributed by atoms with Crippen molar-refractivity contribution in [1.82, 2.24) is 19.9 Å². The Labute approximate surface area is 338 Å². The van der Waals surface area contributed by atoms with Gasteiger partial charge < -0.3 is 9.97 Å². The summed E-state index contributed by atoms with van der Waals surface area (Å²) >= 11 is 0. The number of aromatic nitrogens is 4. The third kappa shape index (κ3) is 6.59. The number of nitrogens with one attached hydrogen (secondary N) is 2. The summed E-state index contributed by atoms with van der Waals surface area (Å²) in [5, 5.41) is 38.3. The van der Waals surface area contributed by atoms with E-state index >= 15 is 0 Å². The second-order valence-electron chi connectivity index (χ2n) is 13.3. The Hall–Kier alpha value is -8.04. The molecule has 5 heterocycles. The summed E-state index contributed by atoms with van der Waals surface area (Å²) in [5.41, 5.74) is 15.2. The van der Waals surface area contributed by atoms with Crippen LogP contribution in [-0.2, 0) is 17.1 Å². The van der Waals surface area contributed by atoms with Crippen LogP contribution in [0.2, 0.25) is 0 Å². The van der Waals surface area contributed by atoms with Gasteiger partial charge in [0.25, 0.3) is 0 Å². The van der Waals surface area contributed by atoms with E-state index in [1.807, 2.05) is 97.1 Å². The molecule has 0 amide bonds. The Balaban J connectivity index is 0.00000455. The summed E-state index contributed by atoms with van der Waals surface area (Å²) in [7, 11) is 0. The second-order valence-corrected chi connectivity index (χ2v) is 13.3. The van der Waals surface area contributed by atoms with E-state index in [-0.39, 0.29) is 17.1 Å². The molecule has 57 heavy (non-hydrogen) atoms. The zero-order chi connectivity index (χ0) is 38.2. The molecule has 2 N–H and O–H groups in total. The van der Waals surface area contributed by atoms with E-state index in [9.17, 15) is 21.0 Å². The monoisotopic (exact) mass is 770 g/mol. The van der Waals surface area contributed by atoms with Gasteiger partial charge >= 0.3 is 0 Å². The Kier molecular flexibility index (Phi) is 9.47. The topological polar surface area (TPSA) is 153 Å². The summed E-state index contributed by atoms with van der Waals surface area (Å²) < 4.78 is 0. The maximum absolute atomic E-state index is 9.58. The molecule has 3 aromatic heterocycles. The fourth-order valence-electron chi connectivity index (χ4n) is 7.27. The number of fused-ring (bicyclic) bond motifs is 8. The normalized spacial score (nSPS) is 11.2. The van der Waals surface area contributed by atoms with Gasteiger partial charge in [0, 0.05) is 61.4 Å². The molecule has 2 aliphatic rings. The molecule has 0 saturated carbocycles. The van der Waals surface area contributed by atoms with Crippen molar-refractivity contribution < 1.29 is 17.1 Å². The Morgan fingerprint density at radius 3 is 0.719 bits per heavy atom. The number of hydrogen-bond donors (Lipinski definition) is 2. The van der Waals surface area contributed by atoms with Crippen LogP contribution in [0.5, 0.6) is 0 Å². The molecule has 9 heteroatoms. The van der Waals surface area contributed by atoms with Gasteiger partial charge in [0.1, 0.15) is 0 Å². The molecule has 0 atom stereocenters. The molecule has 4 aromatic carbocycles. The van der Waals surface area contributed by atoms with Crippen molar-refractivity contribution in [1.29, 1.82) is 21.0 Å². The zero-order valence-electron chi connectivity index (χ0n) is 29.9. The molecule has 0 fully saturated rings. The molecule has 0 saturated heterocycles. The molecule has 9 rings (SSSR count). The van der Waals surface area contributed by atoms with Gasteiger partial charge in [-0.3, -0.25) is 0 Å². The van der Waals surface area contributed by atoms with Crippen molar-refractivity contribution in [2.24, 2.45) is 0 Å². The zero-order valence-corrected chi connectivity index (χ0v) is 31.0. The maximum Gasteiger partial charge on any atom is 0.0991 e. The summed E-state index contributed by atoms with van der Waals surface area (Å²) in [6, 6.07) is 46.8. The molecule has 7 aromatic rings. The molecule has 266 valence electrons. The predicted molar refractivity (Wildman–Crippen MR) is 219 cm³/mol. The molecule has 8 nitrogen and oxygen atoms in total. The first-order valence-corrected chi connectivity index (χ1v) is 17.7. The minimum Gasteiger partial charge on any atom is -0.354 e. The number of nitriles is 4. The maximum atomic E-state index is 9.58. The van der Waals surface area contributed by atoms with Crippen LogP contribution in [0.3, 0.4) is 0 Å². The van der Waals surface area contributed by atoms with Gasteiger partial charge in [-0.25, -0.2) is 9.97 Å². The van der Waals surface area contributed by atoms with E-state index in [0.29, 0.717) is 22.3 Å². The van der Waals surface area contributed by atoms with Crippen LogP contribution < -0.4 is 0 Å². The fourth-order valence-corrected chi connectivity index (χ4v) is 7.27. The first-order chi connectivity index (χ1) is 27.5. The van der Waals surface area contributed by atoms with Gasteiger partial charge in [-0.1, -0.05) is 48.5 Å². The van der Waals surface area contributed by atoms with Crippen molar-refractivity contribution in [2.75, 3.05) is 0 Å². The largest absolute Gasteiger partial charge is 0.354 e. The number of aromatic amines is 2. The van der Waals surface area contributed by atoms with E-state index in [0.717, 1.165) is 89.4 Å². The molecular formula is C48H26FeN8. The Morgan fingerprint density at radius 2 is 0.526 bits per heavy atom. The molecule has 2 aliphatic heterocycles. The molecule has 0 radical (unpaired) electrons. The summed E-state index contributed by atoms with van der Waals surface area (Å²) in [5.74, 6) is 0. The minimum absolute atomic E-state index is 0. The molecular weight excluding hydrogens is 744 g/mol. The van der Waals surface area contributed by atoms with Crippen LogP contribution in [0.4, 0.5) is 0 Å². The number of H-pyrrole nitrogens is 2. The van der Waals surface area contributed by atoms with Crippen LogP contribution in [0.25, 0.3) is 90.9 Å². The second kappa shape index (κ2) is 15.0. The van der Waals surface area contributed by atoms with E-state index in [4.69, 9.17) is 9.97 Å². The van der Waals surface area contributed by atoms with Crippen LogP contribution in [0.1, 0.15) is 45.0 Å². The van der Waals surface area contributed by atoms with Gasteiger partial charge in [-0.05, 0) is 119 Å². The van der Waals surface area contributed by atoms with Crippen molar-refractivity contribution in [3.8, 4) is 68.8 Å². The van der Waals surface area contributed by atoms with Gasteiger partial charge in [0.05, 0.1) is 69.3 Å². The average molecular weight is 771 g/mol. The number of hydrogen-bond acceptors (Lipinski definition) is 6. The third-order valence-electron chi connectivity index (χ3n) is 9.96. The van der Waals surface area contributed by atoms with Crippen molar-refractivity contribution in [3.05, 3.63) is 166 Å². The predicted octanol–water partition coefficient (Wildman–Crippen LogP) is 10.8. The number of nitrogens with zero attached hydrogens (tertiary/aromatic N) is 6. The van der Waals surface area contributed by atoms with Gasteiger partial charge in [-0.2, -0.15) is 21.0 Å². The van der Waals surface area contributed by atoms with Gasteiger partial charge in [0.2, 0.25) is 0 Å². The van der Waals surface area contributed by atoms with Crippen LogP contribution in [0.15, 0.2) is 121 Å². The quantitative estimate of drug-likeness (QED) is 0.170.